The lowest BCUT2D eigenvalue weighted by Gasteiger charge is -2.59. The van der Waals surface area contributed by atoms with E-state index in [1.165, 1.54) is 49.4 Å². The Kier molecular flexibility index (Phi) is 3.48. The van der Waals surface area contributed by atoms with Crippen LogP contribution < -0.4 is 5.32 Å². The number of carbonyl (C=O) groups excluding carboxylic acids is 1. The van der Waals surface area contributed by atoms with Crippen molar-refractivity contribution in [2.24, 2.45) is 30.2 Å². The molecule has 1 amide bonds. The number of aryl methyl sites for hydroxylation is 1. The molecule has 24 heavy (non-hydrogen) atoms. The summed E-state index contributed by atoms with van der Waals surface area (Å²) < 4.78 is 1.35. The van der Waals surface area contributed by atoms with Gasteiger partial charge in [-0.05, 0) is 68.6 Å². The Bertz CT molecular complexity index is 658. The molecule has 4 aliphatic rings. The maximum atomic E-state index is 12.7. The molecule has 1 unspecified atom stereocenters. The predicted octanol–water partition coefficient (Wildman–Crippen LogP) is 2.45. The zero-order chi connectivity index (χ0) is 17.1. The molecule has 1 aromatic rings. The summed E-state index contributed by atoms with van der Waals surface area (Å²) in [7, 11) is 1.61. The number of nitrogens with one attached hydrogen (secondary N) is 1. The minimum Gasteiger partial charge on any atom is -0.478 e. The summed E-state index contributed by atoms with van der Waals surface area (Å²) in [5.74, 6) is 1.03. The van der Waals surface area contributed by atoms with E-state index < -0.39 is 5.97 Å². The van der Waals surface area contributed by atoms with Crippen LogP contribution in [0.1, 0.15) is 66.3 Å². The molecular formula is C18H25N3O3. The smallest absolute Gasteiger partial charge is 0.339 e. The molecule has 2 N–H and O–H groups in total. The molecule has 4 bridgehead atoms. The second-order valence-corrected chi connectivity index (χ2v) is 8.31. The normalized spacial score (nSPS) is 35.0. The van der Waals surface area contributed by atoms with Gasteiger partial charge >= 0.3 is 5.97 Å². The first-order chi connectivity index (χ1) is 11.4. The molecule has 4 aliphatic carbocycles. The van der Waals surface area contributed by atoms with Crippen LogP contribution in [-0.4, -0.2) is 32.8 Å². The number of aromatic carboxylic acids is 1. The molecular weight excluding hydrogens is 306 g/mol. The topological polar surface area (TPSA) is 84.2 Å². The molecule has 1 aromatic heterocycles. The van der Waals surface area contributed by atoms with Gasteiger partial charge < -0.3 is 10.4 Å². The Morgan fingerprint density at radius 2 is 1.79 bits per heavy atom. The summed E-state index contributed by atoms with van der Waals surface area (Å²) in [6, 6.07) is 0.0648. The van der Waals surface area contributed by atoms with Gasteiger partial charge in [0, 0.05) is 13.1 Å². The average Bonchev–Trinajstić information content (AvgIpc) is 2.87. The Morgan fingerprint density at radius 1 is 1.25 bits per heavy atom. The molecule has 5 rings (SSSR count). The monoisotopic (exact) mass is 331 g/mol. The van der Waals surface area contributed by atoms with Gasteiger partial charge in [-0.3, -0.25) is 9.48 Å². The largest absolute Gasteiger partial charge is 0.478 e. The van der Waals surface area contributed by atoms with Gasteiger partial charge in [0.2, 0.25) is 0 Å². The number of rotatable bonds is 4. The van der Waals surface area contributed by atoms with Gasteiger partial charge in [-0.15, -0.1) is 0 Å². The van der Waals surface area contributed by atoms with Gasteiger partial charge in [0.15, 0.2) is 0 Å². The molecule has 4 fully saturated rings. The van der Waals surface area contributed by atoms with Crippen LogP contribution in [0.3, 0.4) is 0 Å². The number of carbonyl (C=O) groups is 2. The number of carboxylic acids is 1. The third kappa shape index (κ3) is 2.34. The van der Waals surface area contributed by atoms with Crippen LogP contribution in [0.4, 0.5) is 0 Å². The minimum atomic E-state index is -1.12. The molecule has 0 aromatic carbocycles. The van der Waals surface area contributed by atoms with Gasteiger partial charge in [-0.1, -0.05) is 0 Å². The summed E-state index contributed by atoms with van der Waals surface area (Å²) in [4.78, 5) is 24.0. The fraction of sp³-hybridized carbons (Fsp3) is 0.722. The van der Waals surface area contributed by atoms with Crippen molar-refractivity contribution in [2.45, 2.75) is 51.5 Å². The van der Waals surface area contributed by atoms with Crippen LogP contribution in [0.25, 0.3) is 0 Å². The third-order valence-corrected chi connectivity index (χ3v) is 6.74. The van der Waals surface area contributed by atoms with Crippen molar-refractivity contribution < 1.29 is 14.7 Å². The summed E-state index contributed by atoms with van der Waals surface area (Å²) in [5.41, 5.74) is 0.304. The molecule has 0 aliphatic heterocycles. The van der Waals surface area contributed by atoms with Gasteiger partial charge in [0.05, 0.1) is 6.20 Å². The minimum absolute atomic E-state index is 0.0345. The highest BCUT2D eigenvalue weighted by atomic mass is 16.4. The Balaban J connectivity index is 1.54. The lowest BCUT2D eigenvalue weighted by molar-refractivity contribution is -0.0688. The Labute approximate surface area is 141 Å². The second kappa shape index (κ2) is 5.33. The van der Waals surface area contributed by atoms with Crippen LogP contribution >= 0.6 is 0 Å². The SMILES string of the molecule is CC(NC(=O)c1c(C(=O)O)cnn1C)C12CC3CC(CC(C3)C1)C2. The van der Waals surface area contributed by atoms with Crippen molar-refractivity contribution in [3.05, 3.63) is 17.5 Å². The highest BCUT2D eigenvalue weighted by molar-refractivity contribution is 6.03. The summed E-state index contributed by atoms with van der Waals surface area (Å²) in [6.45, 7) is 2.10. The van der Waals surface area contributed by atoms with Crippen molar-refractivity contribution in [3.63, 3.8) is 0 Å². The van der Waals surface area contributed by atoms with E-state index in [-0.39, 0.29) is 28.6 Å². The molecule has 4 saturated carbocycles. The van der Waals surface area contributed by atoms with Crippen molar-refractivity contribution in [3.8, 4) is 0 Å². The molecule has 1 atom stereocenters. The van der Waals surface area contributed by atoms with Crippen LogP contribution in [0.15, 0.2) is 6.20 Å². The molecule has 6 nitrogen and oxygen atoms in total. The first-order valence-corrected chi connectivity index (χ1v) is 8.94. The average molecular weight is 331 g/mol. The quantitative estimate of drug-likeness (QED) is 0.887. The number of nitrogens with zero attached hydrogens (tertiary/aromatic N) is 2. The van der Waals surface area contributed by atoms with Gasteiger partial charge in [0.1, 0.15) is 11.3 Å². The first kappa shape index (κ1) is 15.7. The summed E-state index contributed by atoms with van der Waals surface area (Å²) in [5, 5.41) is 16.3. The molecule has 6 heteroatoms. The lowest BCUT2D eigenvalue weighted by Crippen LogP contribution is -2.56. The fourth-order valence-electron chi connectivity index (χ4n) is 5.99. The maximum Gasteiger partial charge on any atom is 0.339 e. The molecule has 130 valence electrons. The molecule has 1 heterocycles. The first-order valence-electron chi connectivity index (χ1n) is 8.94. The van der Waals surface area contributed by atoms with E-state index in [0.29, 0.717) is 0 Å². The van der Waals surface area contributed by atoms with Crippen LogP contribution in [-0.2, 0) is 7.05 Å². The van der Waals surface area contributed by atoms with Gasteiger partial charge in [0.25, 0.3) is 5.91 Å². The zero-order valence-electron chi connectivity index (χ0n) is 14.3. The highest BCUT2D eigenvalue weighted by Gasteiger charge is 2.53. The number of amides is 1. The lowest BCUT2D eigenvalue weighted by atomic mass is 9.48. The number of aromatic nitrogens is 2. The molecule has 0 saturated heterocycles. The van der Waals surface area contributed by atoms with E-state index in [2.05, 4.69) is 17.3 Å². The zero-order valence-corrected chi connectivity index (χ0v) is 14.3. The Hall–Kier alpha value is -1.85. The second-order valence-electron chi connectivity index (χ2n) is 8.31. The molecule has 0 spiro atoms. The van der Waals surface area contributed by atoms with Gasteiger partial charge in [-0.25, -0.2) is 4.79 Å². The highest BCUT2D eigenvalue weighted by Crippen LogP contribution is 2.61. The van der Waals surface area contributed by atoms with E-state index in [1.807, 2.05) is 0 Å². The van der Waals surface area contributed by atoms with Crippen molar-refractivity contribution in [1.82, 2.24) is 15.1 Å². The third-order valence-electron chi connectivity index (χ3n) is 6.74. The van der Waals surface area contributed by atoms with Crippen LogP contribution in [0.5, 0.6) is 0 Å². The summed E-state index contributed by atoms with van der Waals surface area (Å²) >= 11 is 0. The number of hydrogen-bond acceptors (Lipinski definition) is 3. The van der Waals surface area contributed by atoms with E-state index in [9.17, 15) is 14.7 Å². The standard InChI is InChI=1S/C18H25N3O3/c1-10(18-6-11-3-12(7-18)5-13(4-11)8-18)20-16(22)15-14(17(23)24)9-19-21(15)2/h9-13H,3-8H2,1-2H3,(H,20,22)(H,23,24). The number of carboxylic acid groups (broad SMARTS) is 1. The van der Waals surface area contributed by atoms with Crippen molar-refractivity contribution >= 4 is 11.9 Å². The van der Waals surface area contributed by atoms with Crippen molar-refractivity contribution in [1.29, 1.82) is 0 Å². The predicted molar refractivity (Wildman–Crippen MR) is 87.7 cm³/mol. The van der Waals surface area contributed by atoms with E-state index in [4.69, 9.17) is 0 Å². The van der Waals surface area contributed by atoms with E-state index in [0.717, 1.165) is 17.8 Å². The van der Waals surface area contributed by atoms with E-state index >= 15 is 0 Å². The van der Waals surface area contributed by atoms with Gasteiger partial charge in [-0.2, -0.15) is 5.10 Å². The fourth-order valence-corrected chi connectivity index (χ4v) is 5.99. The summed E-state index contributed by atoms with van der Waals surface area (Å²) in [6.07, 6.45) is 8.96. The van der Waals surface area contributed by atoms with Crippen LogP contribution in [0, 0.1) is 23.2 Å². The maximum absolute atomic E-state index is 12.7. The van der Waals surface area contributed by atoms with Crippen molar-refractivity contribution in [2.75, 3.05) is 0 Å². The Morgan fingerprint density at radius 3 is 2.29 bits per heavy atom. The van der Waals surface area contributed by atoms with Crippen LogP contribution in [0.2, 0.25) is 0 Å². The molecule has 0 radical (unpaired) electrons. The number of hydrogen-bond donors (Lipinski definition) is 2. The van der Waals surface area contributed by atoms with E-state index in [1.54, 1.807) is 7.05 Å².